The van der Waals surface area contributed by atoms with Crippen molar-refractivity contribution in [1.29, 1.82) is 0 Å². The Kier molecular flexibility index (Phi) is 6.37. The lowest BCUT2D eigenvalue weighted by molar-refractivity contribution is -0.130. The lowest BCUT2D eigenvalue weighted by Gasteiger charge is -2.34. The van der Waals surface area contributed by atoms with Crippen molar-refractivity contribution in [2.24, 2.45) is 0 Å². The van der Waals surface area contributed by atoms with Gasteiger partial charge < -0.3 is 4.90 Å². The van der Waals surface area contributed by atoms with Gasteiger partial charge in [0.1, 0.15) is 11.4 Å². The predicted octanol–water partition coefficient (Wildman–Crippen LogP) is 3.56. The summed E-state index contributed by atoms with van der Waals surface area (Å²) in [7, 11) is 0. The number of amides is 1. The van der Waals surface area contributed by atoms with Crippen molar-refractivity contribution in [3.05, 3.63) is 78.2 Å². The van der Waals surface area contributed by atoms with Crippen molar-refractivity contribution in [3.63, 3.8) is 0 Å². The summed E-state index contributed by atoms with van der Waals surface area (Å²) < 4.78 is 1.80. The van der Waals surface area contributed by atoms with Gasteiger partial charge in [-0.05, 0) is 24.6 Å². The minimum absolute atomic E-state index is 0.150. The molecule has 0 bridgehead atoms. The number of aromatic nitrogens is 4. The lowest BCUT2D eigenvalue weighted by atomic mass is 10.1. The maximum absolute atomic E-state index is 12.9. The molecular formula is C25H26N6OS. The molecule has 1 saturated heterocycles. The second kappa shape index (κ2) is 9.72. The third kappa shape index (κ3) is 4.91. The molecule has 0 spiro atoms. The van der Waals surface area contributed by atoms with Crippen LogP contribution in [-0.4, -0.2) is 67.4 Å². The molecule has 4 aromatic rings. The number of carbonyl (C=O) groups excluding carboxylic acids is 1. The van der Waals surface area contributed by atoms with Crippen LogP contribution in [0, 0.1) is 6.92 Å². The Morgan fingerprint density at radius 2 is 1.82 bits per heavy atom. The molecule has 0 radical (unpaired) electrons. The number of carbonyl (C=O) groups is 1. The number of thioether (sulfide) groups is 1. The van der Waals surface area contributed by atoms with Crippen molar-refractivity contribution in [2.75, 3.05) is 31.9 Å². The Morgan fingerprint density at radius 1 is 1.00 bits per heavy atom. The normalized spacial score (nSPS) is 14.6. The van der Waals surface area contributed by atoms with Gasteiger partial charge in [-0.1, -0.05) is 59.8 Å². The second-order valence-corrected chi connectivity index (χ2v) is 9.21. The Balaban J connectivity index is 1.18. The fourth-order valence-corrected chi connectivity index (χ4v) is 5.01. The van der Waals surface area contributed by atoms with Gasteiger partial charge >= 0.3 is 0 Å². The van der Waals surface area contributed by atoms with E-state index in [2.05, 4.69) is 51.2 Å². The molecule has 1 aliphatic rings. The highest BCUT2D eigenvalue weighted by Gasteiger charge is 2.22. The summed E-state index contributed by atoms with van der Waals surface area (Å²) in [4.78, 5) is 26.1. The summed E-state index contributed by atoms with van der Waals surface area (Å²) in [6.45, 7) is 6.36. The van der Waals surface area contributed by atoms with Crippen LogP contribution in [0.1, 0.15) is 11.1 Å². The minimum atomic E-state index is 0.150. The first kappa shape index (κ1) is 21.6. The highest BCUT2D eigenvalue weighted by atomic mass is 32.2. The van der Waals surface area contributed by atoms with Crippen molar-refractivity contribution in [1.82, 2.24) is 29.5 Å². The number of aryl methyl sites for hydroxylation is 1. The van der Waals surface area contributed by atoms with E-state index in [0.717, 1.165) is 54.5 Å². The first-order valence-corrected chi connectivity index (χ1v) is 12.1. The van der Waals surface area contributed by atoms with E-state index in [0.29, 0.717) is 5.75 Å². The second-order valence-electron chi connectivity index (χ2n) is 8.24. The largest absolute Gasteiger partial charge is 0.339 e. The van der Waals surface area contributed by atoms with Gasteiger partial charge in [-0.3, -0.25) is 9.69 Å². The van der Waals surface area contributed by atoms with Crippen LogP contribution in [0.15, 0.2) is 72.1 Å². The summed E-state index contributed by atoms with van der Waals surface area (Å²) in [5.74, 6) is 0.512. The molecule has 0 saturated carbocycles. The molecular weight excluding hydrogens is 432 g/mol. The van der Waals surface area contributed by atoms with E-state index in [9.17, 15) is 4.79 Å². The molecule has 1 amide bonds. The van der Waals surface area contributed by atoms with Gasteiger partial charge in [-0.15, -0.1) is 0 Å². The van der Waals surface area contributed by atoms with E-state index in [1.165, 1.54) is 22.9 Å². The standard InChI is InChI=1S/C25H26N6OS/c1-19-6-5-7-20(14-19)16-29-10-12-30(13-11-29)23(32)17-33-25-22-15-28-31(24(22)26-18-27-25)21-8-3-2-4-9-21/h2-9,14-15,18H,10-13,16-17H2,1H3. The number of benzene rings is 2. The van der Waals surface area contributed by atoms with Crippen LogP contribution in [-0.2, 0) is 11.3 Å². The van der Waals surface area contributed by atoms with E-state index in [-0.39, 0.29) is 5.91 Å². The summed E-state index contributed by atoms with van der Waals surface area (Å²) in [6, 6.07) is 18.5. The molecule has 1 aliphatic heterocycles. The first-order chi connectivity index (χ1) is 16.2. The number of rotatable bonds is 6. The number of para-hydroxylation sites is 1. The van der Waals surface area contributed by atoms with E-state index >= 15 is 0 Å². The molecule has 7 nitrogen and oxygen atoms in total. The zero-order chi connectivity index (χ0) is 22.6. The summed E-state index contributed by atoms with van der Waals surface area (Å²) in [6.07, 6.45) is 3.32. The van der Waals surface area contributed by atoms with Gasteiger partial charge in [0.25, 0.3) is 0 Å². The van der Waals surface area contributed by atoms with Gasteiger partial charge in [0.15, 0.2) is 5.65 Å². The van der Waals surface area contributed by atoms with Crippen LogP contribution in [0.5, 0.6) is 0 Å². The number of hydrogen-bond acceptors (Lipinski definition) is 6. The van der Waals surface area contributed by atoms with Crippen LogP contribution in [0.2, 0.25) is 0 Å². The lowest BCUT2D eigenvalue weighted by Crippen LogP contribution is -2.48. The SMILES string of the molecule is Cc1cccc(CN2CCN(C(=O)CSc3ncnc4c3cnn4-c3ccccc3)CC2)c1. The zero-order valence-electron chi connectivity index (χ0n) is 18.6. The number of fused-ring (bicyclic) bond motifs is 1. The Labute approximate surface area is 197 Å². The monoisotopic (exact) mass is 458 g/mol. The van der Waals surface area contributed by atoms with Crippen molar-refractivity contribution < 1.29 is 4.79 Å². The molecule has 0 N–H and O–H groups in total. The molecule has 168 valence electrons. The Bertz CT molecular complexity index is 1250. The van der Waals surface area contributed by atoms with Gasteiger partial charge in [0, 0.05) is 32.7 Å². The van der Waals surface area contributed by atoms with Crippen molar-refractivity contribution in [2.45, 2.75) is 18.5 Å². The maximum atomic E-state index is 12.9. The predicted molar refractivity (Wildman–Crippen MR) is 130 cm³/mol. The third-order valence-electron chi connectivity index (χ3n) is 5.88. The molecule has 0 aliphatic carbocycles. The van der Waals surface area contributed by atoms with Crippen molar-refractivity contribution >= 4 is 28.7 Å². The van der Waals surface area contributed by atoms with Crippen LogP contribution in [0.25, 0.3) is 16.7 Å². The highest BCUT2D eigenvalue weighted by Crippen LogP contribution is 2.26. The fraction of sp³-hybridized carbons (Fsp3) is 0.280. The van der Waals surface area contributed by atoms with E-state index in [4.69, 9.17) is 0 Å². The minimum Gasteiger partial charge on any atom is -0.339 e. The molecule has 0 atom stereocenters. The zero-order valence-corrected chi connectivity index (χ0v) is 19.4. The smallest absolute Gasteiger partial charge is 0.233 e. The van der Waals surface area contributed by atoms with E-state index in [1.807, 2.05) is 35.2 Å². The number of hydrogen-bond donors (Lipinski definition) is 0. The summed E-state index contributed by atoms with van der Waals surface area (Å²) in [5, 5.41) is 6.14. The average Bonchev–Trinajstić information content (AvgIpc) is 3.28. The van der Waals surface area contributed by atoms with Crippen LogP contribution in [0.4, 0.5) is 0 Å². The van der Waals surface area contributed by atoms with Gasteiger partial charge in [-0.25, -0.2) is 14.6 Å². The van der Waals surface area contributed by atoms with Gasteiger partial charge in [-0.2, -0.15) is 5.10 Å². The molecule has 0 unspecified atom stereocenters. The van der Waals surface area contributed by atoms with Crippen LogP contribution >= 0.6 is 11.8 Å². The molecule has 1 fully saturated rings. The summed E-state index contributed by atoms with van der Waals surface area (Å²) >= 11 is 1.46. The number of nitrogens with zero attached hydrogens (tertiary/aromatic N) is 6. The van der Waals surface area contributed by atoms with E-state index in [1.54, 1.807) is 17.2 Å². The Morgan fingerprint density at radius 3 is 2.61 bits per heavy atom. The van der Waals surface area contributed by atoms with E-state index < -0.39 is 0 Å². The molecule has 8 heteroatoms. The van der Waals surface area contributed by atoms with Crippen LogP contribution < -0.4 is 0 Å². The first-order valence-electron chi connectivity index (χ1n) is 11.1. The average molecular weight is 459 g/mol. The Hall–Kier alpha value is -3.23. The van der Waals surface area contributed by atoms with Crippen LogP contribution in [0.3, 0.4) is 0 Å². The fourth-order valence-electron chi connectivity index (χ4n) is 4.14. The molecule has 33 heavy (non-hydrogen) atoms. The van der Waals surface area contributed by atoms with Crippen molar-refractivity contribution in [3.8, 4) is 5.69 Å². The summed E-state index contributed by atoms with van der Waals surface area (Å²) in [5.41, 5.74) is 4.30. The molecule has 2 aromatic carbocycles. The third-order valence-corrected chi connectivity index (χ3v) is 6.87. The maximum Gasteiger partial charge on any atom is 0.233 e. The molecule has 3 heterocycles. The number of piperazine rings is 1. The van der Waals surface area contributed by atoms with Gasteiger partial charge in [0.05, 0.1) is 23.0 Å². The quantitative estimate of drug-likeness (QED) is 0.325. The van der Waals surface area contributed by atoms with Gasteiger partial charge in [0.2, 0.25) is 5.91 Å². The molecule has 2 aromatic heterocycles. The topological polar surface area (TPSA) is 67.2 Å². The highest BCUT2D eigenvalue weighted by molar-refractivity contribution is 8.00. The molecule has 5 rings (SSSR count).